The van der Waals surface area contributed by atoms with E-state index in [4.69, 9.17) is 19.6 Å². The van der Waals surface area contributed by atoms with Gasteiger partial charge in [0.1, 0.15) is 0 Å². The first-order valence-electron chi connectivity index (χ1n) is 1.05. The molecule has 6 nitrogen and oxygen atoms in total. The van der Waals surface area contributed by atoms with Crippen LogP contribution in [0.3, 0.4) is 0 Å². The predicted octanol–water partition coefficient (Wildman–Crippen LogP) is -1.70. The lowest BCUT2D eigenvalue weighted by Gasteiger charge is -1.88. The largest absolute Gasteiger partial charge is 0.662 e. The van der Waals surface area contributed by atoms with Crippen LogP contribution in [0.25, 0.3) is 0 Å². The molecule has 0 radical (unpaired) electrons. The number of hydrogen-bond acceptors (Lipinski definition) is 5. The summed E-state index contributed by atoms with van der Waals surface area (Å²) in [6, 6.07) is 0. The van der Waals surface area contributed by atoms with Crippen molar-refractivity contribution in [1.29, 1.82) is 0 Å². The van der Waals surface area contributed by atoms with Crippen LogP contribution in [0.4, 0.5) is 0 Å². The van der Waals surface area contributed by atoms with E-state index in [2.05, 4.69) is 4.89 Å². The van der Waals surface area contributed by atoms with E-state index in [-0.39, 0.29) is 33.0 Å². The average Bonchev–Trinajstić information content (AvgIpc) is 1.69. The van der Waals surface area contributed by atoms with Crippen LogP contribution in [0.2, 0.25) is 0 Å². The van der Waals surface area contributed by atoms with Crippen molar-refractivity contribution in [3.8, 4) is 0 Å². The van der Waals surface area contributed by atoms with Crippen molar-refractivity contribution in [3.05, 3.63) is 0 Å². The molecule has 0 aromatic carbocycles. The SMILES string of the molecule is C.C.O.O=C=O.O=CO[O-]. The highest BCUT2D eigenvalue weighted by atomic mass is 17.1. The van der Waals surface area contributed by atoms with Gasteiger partial charge in [0.25, 0.3) is 6.47 Å². The quantitative estimate of drug-likeness (QED) is 0.254. The van der Waals surface area contributed by atoms with E-state index in [1.807, 2.05) is 0 Å². The Balaban J connectivity index is -0.0000000131. The van der Waals surface area contributed by atoms with Crippen molar-refractivity contribution in [3.63, 3.8) is 0 Å². The lowest BCUT2D eigenvalue weighted by molar-refractivity contribution is -0.652. The Morgan fingerprint density at radius 2 is 1.40 bits per heavy atom. The molecule has 0 rings (SSSR count). The van der Waals surface area contributed by atoms with Gasteiger partial charge in [0.05, 0.1) is 0 Å². The molecular weight excluding hydrogens is 144 g/mol. The summed E-state index contributed by atoms with van der Waals surface area (Å²) in [6.45, 7) is -0.181. The van der Waals surface area contributed by atoms with Gasteiger partial charge in [-0.3, -0.25) is 4.79 Å². The van der Waals surface area contributed by atoms with Crippen molar-refractivity contribution >= 4 is 12.6 Å². The maximum absolute atomic E-state index is 8.64. The number of carbonyl (C=O) groups excluding carboxylic acids is 3. The molecule has 0 aliphatic rings. The van der Waals surface area contributed by atoms with E-state index in [0.717, 1.165) is 0 Å². The Labute approximate surface area is 58.7 Å². The Morgan fingerprint density at radius 3 is 1.40 bits per heavy atom. The Kier molecular flexibility index (Phi) is 423. The van der Waals surface area contributed by atoms with Crippen molar-refractivity contribution in [2.24, 2.45) is 0 Å². The second-order valence-corrected chi connectivity index (χ2v) is 0.276. The summed E-state index contributed by atoms with van der Waals surface area (Å²) in [5, 5.41) is 8.43. The van der Waals surface area contributed by atoms with Gasteiger partial charge in [0.15, 0.2) is 0 Å². The van der Waals surface area contributed by atoms with Crippen LogP contribution in [0.5, 0.6) is 0 Å². The Bertz CT molecular complexity index is 64.1. The first-order valence-corrected chi connectivity index (χ1v) is 1.05. The van der Waals surface area contributed by atoms with Crippen molar-refractivity contribution in [2.75, 3.05) is 0 Å². The van der Waals surface area contributed by atoms with Gasteiger partial charge in [-0.2, -0.15) is 9.59 Å². The molecule has 0 spiro atoms. The summed E-state index contributed by atoms with van der Waals surface area (Å²) in [4.78, 5) is 27.5. The molecule has 0 fully saturated rings. The van der Waals surface area contributed by atoms with Gasteiger partial charge in [0.2, 0.25) is 0 Å². The normalized spacial score (nSPS) is 2.90. The van der Waals surface area contributed by atoms with Gasteiger partial charge in [-0.25, -0.2) is 0 Å². The maximum Gasteiger partial charge on any atom is 0.373 e. The molecule has 6 heteroatoms. The molecule has 2 N–H and O–H groups in total. The summed E-state index contributed by atoms with van der Waals surface area (Å²) in [6.07, 6.45) is 0.250. The fourth-order valence-electron chi connectivity index (χ4n) is 0. The zero-order chi connectivity index (χ0) is 6.12. The molecule has 64 valence electrons. The number of carbonyl (C=O) groups is 1. The first kappa shape index (κ1) is 37.3. The smallest absolute Gasteiger partial charge is 0.373 e. The fraction of sp³-hybridized carbons (Fsp3) is 0.500. The summed E-state index contributed by atoms with van der Waals surface area (Å²) in [5.41, 5.74) is 0. The predicted molar refractivity (Wildman–Crippen MR) is 29.2 cm³/mol. The van der Waals surface area contributed by atoms with Gasteiger partial charge in [-0.1, -0.05) is 14.9 Å². The van der Waals surface area contributed by atoms with E-state index in [1.54, 1.807) is 0 Å². The van der Waals surface area contributed by atoms with Crippen LogP contribution in [-0.2, 0) is 19.3 Å². The van der Waals surface area contributed by atoms with E-state index in [0.29, 0.717) is 0 Å². The minimum atomic E-state index is -0.181. The molecule has 0 amide bonds. The fourth-order valence-corrected chi connectivity index (χ4v) is 0. The van der Waals surface area contributed by atoms with Crippen molar-refractivity contribution in [1.82, 2.24) is 0 Å². The third kappa shape index (κ3) is 4260. The minimum absolute atomic E-state index is 0. The van der Waals surface area contributed by atoms with E-state index in [1.165, 1.54) is 0 Å². The summed E-state index contributed by atoms with van der Waals surface area (Å²) < 4.78 is 0. The highest BCUT2D eigenvalue weighted by Crippen LogP contribution is 1.22. The van der Waals surface area contributed by atoms with Crippen molar-refractivity contribution < 1.29 is 30.0 Å². The molecule has 0 aliphatic carbocycles. The summed E-state index contributed by atoms with van der Waals surface area (Å²) >= 11 is 0. The molecule has 10 heavy (non-hydrogen) atoms. The first-order chi connectivity index (χ1) is 3.33. The maximum atomic E-state index is 8.64. The van der Waals surface area contributed by atoms with Crippen LogP contribution in [0.1, 0.15) is 14.9 Å². The molecule has 0 heterocycles. The highest BCUT2D eigenvalue weighted by Gasteiger charge is 1.34. The molecule has 0 bridgehead atoms. The zero-order valence-electron chi connectivity index (χ0n) is 3.62. The van der Waals surface area contributed by atoms with E-state index >= 15 is 0 Å². The van der Waals surface area contributed by atoms with Gasteiger partial charge in [0, 0.05) is 0 Å². The van der Waals surface area contributed by atoms with Crippen LogP contribution in [0.15, 0.2) is 0 Å². The topological polar surface area (TPSA) is 115 Å². The lowest BCUT2D eigenvalue weighted by atomic mass is 11.7. The van der Waals surface area contributed by atoms with Crippen LogP contribution < -0.4 is 5.26 Å². The number of hydrogen-bond donors (Lipinski definition) is 0. The van der Waals surface area contributed by atoms with Crippen LogP contribution >= 0.6 is 0 Å². The monoisotopic (exact) mass is 155 g/mol. The lowest BCUT2D eigenvalue weighted by Crippen LogP contribution is -2.00. The van der Waals surface area contributed by atoms with Crippen LogP contribution in [0, 0.1) is 0 Å². The van der Waals surface area contributed by atoms with E-state index < -0.39 is 0 Å². The van der Waals surface area contributed by atoms with E-state index in [9.17, 15) is 0 Å². The van der Waals surface area contributed by atoms with Crippen molar-refractivity contribution in [2.45, 2.75) is 14.9 Å². The second-order valence-electron chi connectivity index (χ2n) is 0.276. The highest BCUT2D eigenvalue weighted by molar-refractivity contribution is 5.35. The Hall–Kier alpha value is -1.23. The molecule has 0 atom stereocenters. The molecule has 0 aromatic rings. The van der Waals surface area contributed by atoms with Gasteiger partial charge in [-0.05, 0) is 0 Å². The molecule has 0 unspecified atom stereocenters. The standard InChI is InChI=1S/CH2O3.CO2.2CH4.H2O/c2-1-4-3;2-1-3;;;/h1,3H;;2*1H4;1H2/p-1. The van der Waals surface area contributed by atoms with Gasteiger partial charge in [-0.15, -0.1) is 0 Å². The summed E-state index contributed by atoms with van der Waals surface area (Å²) in [7, 11) is 0. The molecule has 0 aliphatic heterocycles. The van der Waals surface area contributed by atoms with Gasteiger partial charge < -0.3 is 15.6 Å². The zero-order valence-corrected chi connectivity index (χ0v) is 3.62. The molecule has 0 aromatic heterocycles. The minimum Gasteiger partial charge on any atom is -0.662 e. The third-order valence-corrected chi connectivity index (χ3v) is 0.0393. The molecular formula is C4H11O6-. The third-order valence-electron chi connectivity index (χ3n) is 0.0393. The number of rotatable bonds is 1. The Morgan fingerprint density at radius 1 is 1.30 bits per heavy atom. The second kappa shape index (κ2) is 114. The average molecular weight is 155 g/mol. The summed E-state index contributed by atoms with van der Waals surface area (Å²) in [5.74, 6) is 0. The molecule has 0 saturated heterocycles. The van der Waals surface area contributed by atoms with Crippen LogP contribution in [-0.4, -0.2) is 18.1 Å². The van der Waals surface area contributed by atoms with Gasteiger partial charge >= 0.3 is 6.15 Å². The molecule has 0 saturated carbocycles.